The summed E-state index contributed by atoms with van der Waals surface area (Å²) in [6, 6.07) is 2.06. The smallest absolute Gasteiger partial charge is 0.126 e. The van der Waals surface area contributed by atoms with E-state index in [1.165, 1.54) is 23.1 Å². The number of hydrogen-bond acceptors (Lipinski definition) is 3. The number of aryl methyl sites for hydroxylation is 1. The average Bonchev–Trinajstić information content (AvgIpc) is 2.85. The number of anilines is 1. The Bertz CT molecular complexity index is 450. The Morgan fingerprint density at radius 3 is 2.89 bits per heavy atom. The van der Waals surface area contributed by atoms with Crippen LogP contribution in [0.3, 0.4) is 0 Å². The van der Waals surface area contributed by atoms with Crippen molar-refractivity contribution in [3.05, 3.63) is 22.8 Å². The minimum Gasteiger partial charge on any atom is -0.487 e. The molecule has 0 spiro atoms. The second-order valence-electron chi connectivity index (χ2n) is 5.38. The normalized spacial score (nSPS) is 22.8. The second kappa shape index (κ2) is 4.81. The molecule has 1 unspecified atom stereocenters. The lowest BCUT2D eigenvalue weighted by Gasteiger charge is -2.26. The maximum absolute atomic E-state index is 6.20. The zero-order chi connectivity index (χ0) is 12.5. The quantitative estimate of drug-likeness (QED) is 0.817. The van der Waals surface area contributed by atoms with E-state index in [-0.39, 0.29) is 6.10 Å². The first kappa shape index (κ1) is 11.8. The number of rotatable bonds is 2. The Hall–Kier alpha value is -1.22. The lowest BCUT2D eigenvalue weighted by molar-refractivity contribution is 0.00680. The molecule has 0 radical (unpaired) electrons. The number of nitrogens with two attached hydrogens (primary N) is 1. The SMILES string of the molecule is Cc1cc(N)c2c(c1OC1CCCOC1)CCC2. The lowest BCUT2D eigenvalue weighted by Crippen LogP contribution is -2.28. The molecule has 1 aromatic rings. The molecule has 2 N–H and O–H groups in total. The molecule has 0 aromatic heterocycles. The van der Waals surface area contributed by atoms with Gasteiger partial charge in [0, 0.05) is 12.3 Å². The molecular weight excluding hydrogens is 226 g/mol. The van der Waals surface area contributed by atoms with Crippen molar-refractivity contribution >= 4 is 5.69 Å². The molecule has 1 fully saturated rings. The Labute approximate surface area is 108 Å². The van der Waals surface area contributed by atoms with Gasteiger partial charge in [-0.3, -0.25) is 0 Å². The van der Waals surface area contributed by atoms with Gasteiger partial charge < -0.3 is 15.2 Å². The first-order chi connectivity index (χ1) is 8.75. The van der Waals surface area contributed by atoms with Crippen LogP contribution >= 0.6 is 0 Å². The van der Waals surface area contributed by atoms with Crippen molar-refractivity contribution in [2.45, 2.75) is 45.1 Å². The molecule has 2 aliphatic rings. The van der Waals surface area contributed by atoms with Gasteiger partial charge in [0.1, 0.15) is 11.9 Å². The number of fused-ring (bicyclic) bond motifs is 1. The van der Waals surface area contributed by atoms with Crippen molar-refractivity contribution in [1.82, 2.24) is 0 Å². The molecule has 0 saturated carbocycles. The average molecular weight is 247 g/mol. The molecule has 3 rings (SSSR count). The van der Waals surface area contributed by atoms with Crippen molar-refractivity contribution in [3.8, 4) is 5.75 Å². The number of benzene rings is 1. The second-order valence-corrected chi connectivity index (χ2v) is 5.38. The predicted octanol–water partition coefficient (Wildman–Crippen LogP) is 2.62. The van der Waals surface area contributed by atoms with Crippen molar-refractivity contribution in [3.63, 3.8) is 0 Å². The van der Waals surface area contributed by atoms with Crippen molar-refractivity contribution in [2.75, 3.05) is 18.9 Å². The van der Waals surface area contributed by atoms with Crippen LogP contribution < -0.4 is 10.5 Å². The van der Waals surface area contributed by atoms with E-state index in [0.717, 1.165) is 50.3 Å². The number of hydrogen-bond donors (Lipinski definition) is 1. The third-order valence-electron chi connectivity index (χ3n) is 3.97. The lowest BCUT2D eigenvalue weighted by atomic mass is 10.0. The summed E-state index contributed by atoms with van der Waals surface area (Å²) < 4.78 is 11.7. The van der Waals surface area contributed by atoms with Gasteiger partial charge in [0.05, 0.1) is 6.61 Å². The van der Waals surface area contributed by atoms with Gasteiger partial charge in [-0.2, -0.15) is 0 Å². The van der Waals surface area contributed by atoms with Gasteiger partial charge in [-0.05, 0) is 61.8 Å². The minimum atomic E-state index is 0.214. The Balaban J connectivity index is 1.89. The molecule has 18 heavy (non-hydrogen) atoms. The third-order valence-corrected chi connectivity index (χ3v) is 3.97. The van der Waals surface area contributed by atoms with E-state index in [9.17, 15) is 0 Å². The standard InChI is InChI=1S/C15H21NO2/c1-10-8-14(16)12-5-2-6-13(12)15(10)18-11-4-3-7-17-9-11/h8,11H,2-7,9,16H2,1H3. The van der Waals surface area contributed by atoms with Crippen LogP contribution in [-0.2, 0) is 17.6 Å². The summed E-state index contributed by atoms with van der Waals surface area (Å²) in [6.45, 7) is 3.69. The summed E-state index contributed by atoms with van der Waals surface area (Å²) in [6.07, 6.45) is 5.80. The summed E-state index contributed by atoms with van der Waals surface area (Å²) in [7, 11) is 0. The highest BCUT2D eigenvalue weighted by Gasteiger charge is 2.23. The fourth-order valence-electron chi connectivity index (χ4n) is 3.07. The van der Waals surface area contributed by atoms with Crippen LogP contribution in [0.25, 0.3) is 0 Å². The monoisotopic (exact) mass is 247 g/mol. The highest BCUT2D eigenvalue weighted by molar-refractivity contribution is 5.61. The molecule has 1 aliphatic carbocycles. The van der Waals surface area contributed by atoms with Crippen molar-refractivity contribution < 1.29 is 9.47 Å². The molecule has 1 heterocycles. The first-order valence-corrected chi connectivity index (χ1v) is 6.91. The predicted molar refractivity (Wildman–Crippen MR) is 72.1 cm³/mol. The molecular formula is C15H21NO2. The number of ether oxygens (including phenoxy) is 2. The van der Waals surface area contributed by atoms with E-state index in [1.54, 1.807) is 0 Å². The van der Waals surface area contributed by atoms with Crippen LogP contribution in [0.4, 0.5) is 5.69 Å². The van der Waals surface area contributed by atoms with Gasteiger partial charge in [0.2, 0.25) is 0 Å². The summed E-state index contributed by atoms with van der Waals surface area (Å²) in [5.74, 6) is 1.08. The first-order valence-electron chi connectivity index (χ1n) is 6.91. The summed E-state index contributed by atoms with van der Waals surface area (Å²) in [4.78, 5) is 0. The Kier molecular flexibility index (Phi) is 3.16. The maximum atomic E-state index is 6.20. The van der Waals surface area contributed by atoms with Crippen LogP contribution in [0.2, 0.25) is 0 Å². The van der Waals surface area contributed by atoms with Crippen LogP contribution in [0.5, 0.6) is 5.75 Å². The molecule has 1 atom stereocenters. The fourth-order valence-corrected chi connectivity index (χ4v) is 3.07. The van der Waals surface area contributed by atoms with E-state index < -0.39 is 0 Å². The Morgan fingerprint density at radius 1 is 1.28 bits per heavy atom. The minimum absolute atomic E-state index is 0.214. The van der Waals surface area contributed by atoms with Crippen LogP contribution in [-0.4, -0.2) is 19.3 Å². The van der Waals surface area contributed by atoms with Crippen LogP contribution in [0.15, 0.2) is 6.07 Å². The summed E-state index contributed by atoms with van der Waals surface area (Å²) in [5.41, 5.74) is 10.9. The third kappa shape index (κ3) is 2.07. The summed E-state index contributed by atoms with van der Waals surface area (Å²) >= 11 is 0. The zero-order valence-electron chi connectivity index (χ0n) is 11.0. The van der Waals surface area contributed by atoms with E-state index in [4.69, 9.17) is 15.2 Å². The van der Waals surface area contributed by atoms with Gasteiger partial charge in [-0.15, -0.1) is 0 Å². The van der Waals surface area contributed by atoms with Gasteiger partial charge in [0.15, 0.2) is 0 Å². The van der Waals surface area contributed by atoms with E-state index in [0.29, 0.717) is 0 Å². The topological polar surface area (TPSA) is 44.5 Å². The van der Waals surface area contributed by atoms with Gasteiger partial charge in [-0.25, -0.2) is 0 Å². The van der Waals surface area contributed by atoms with Gasteiger partial charge in [-0.1, -0.05) is 0 Å². The fraction of sp³-hybridized carbons (Fsp3) is 0.600. The zero-order valence-corrected chi connectivity index (χ0v) is 11.0. The molecule has 3 heteroatoms. The molecule has 3 nitrogen and oxygen atoms in total. The van der Waals surface area contributed by atoms with E-state index >= 15 is 0 Å². The maximum Gasteiger partial charge on any atom is 0.126 e. The molecule has 1 aromatic carbocycles. The number of nitrogen functional groups attached to an aromatic ring is 1. The van der Waals surface area contributed by atoms with Crippen LogP contribution in [0.1, 0.15) is 36.0 Å². The largest absolute Gasteiger partial charge is 0.487 e. The van der Waals surface area contributed by atoms with Crippen LogP contribution in [0, 0.1) is 6.92 Å². The molecule has 1 saturated heterocycles. The molecule has 98 valence electrons. The van der Waals surface area contributed by atoms with E-state index in [2.05, 4.69) is 13.0 Å². The van der Waals surface area contributed by atoms with Crippen molar-refractivity contribution in [2.24, 2.45) is 0 Å². The molecule has 1 aliphatic heterocycles. The Morgan fingerprint density at radius 2 is 2.11 bits per heavy atom. The van der Waals surface area contributed by atoms with E-state index in [1.807, 2.05) is 0 Å². The van der Waals surface area contributed by atoms with Crippen molar-refractivity contribution in [1.29, 1.82) is 0 Å². The molecule has 0 amide bonds. The highest BCUT2D eigenvalue weighted by Crippen LogP contribution is 2.38. The van der Waals surface area contributed by atoms with Gasteiger partial charge in [0.25, 0.3) is 0 Å². The highest BCUT2D eigenvalue weighted by atomic mass is 16.5. The summed E-state index contributed by atoms with van der Waals surface area (Å²) in [5, 5.41) is 0. The van der Waals surface area contributed by atoms with Gasteiger partial charge >= 0.3 is 0 Å². The molecule has 0 bridgehead atoms.